The van der Waals surface area contributed by atoms with Crippen molar-refractivity contribution in [3.8, 4) is 5.75 Å². The number of thiophene rings is 1. The number of carbonyl (C=O) groups excluding carboxylic acids is 3. The molecule has 0 aliphatic rings. The van der Waals surface area contributed by atoms with E-state index in [0.717, 1.165) is 11.3 Å². The zero-order chi connectivity index (χ0) is 19.3. The number of carbonyl (C=O) groups is 3. The second-order valence-corrected chi connectivity index (χ2v) is 6.36. The summed E-state index contributed by atoms with van der Waals surface area (Å²) in [5, 5.41) is 14.9. The number of aromatic hydroxyl groups is 1. The van der Waals surface area contributed by atoms with Gasteiger partial charge in [-0.3, -0.25) is 9.59 Å². The molecule has 2 rings (SSSR count). The Labute approximate surface area is 154 Å². The highest BCUT2D eigenvalue weighted by Gasteiger charge is 2.26. The van der Waals surface area contributed by atoms with E-state index in [4.69, 9.17) is 4.74 Å². The van der Waals surface area contributed by atoms with Crippen molar-refractivity contribution in [2.45, 2.75) is 20.4 Å². The summed E-state index contributed by atoms with van der Waals surface area (Å²) in [4.78, 5) is 36.9. The first-order valence-corrected chi connectivity index (χ1v) is 8.69. The number of hydrogen-bond acceptors (Lipinski definition) is 6. The fourth-order valence-electron chi connectivity index (χ4n) is 2.32. The molecule has 3 N–H and O–H groups in total. The summed E-state index contributed by atoms with van der Waals surface area (Å²) in [6, 6.07) is 3.09. The Morgan fingerprint density at radius 2 is 2.08 bits per heavy atom. The predicted molar refractivity (Wildman–Crippen MR) is 95.3 cm³/mol. The second-order valence-electron chi connectivity index (χ2n) is 5.34. The summed E-state index contributed by atoms with van der Waals surface area (Å²) in [7, 11) is 1.49. The van der Waals surface area contributed by atoms with E-state index in [1.807, 2.05) is 0 Å². The van der Waals surface area contributed by atoms with Crippen LogP contribution >= 0.6 is 11.3 Å². The van der Waals surface area contributed by atoms with Gasteiger partial charge in [-0.05, 0) is 25.5 Å². The zero-order valence-corrected chi connectivity index (χ0v) is 15.5. The molecule has 0 aliphatic heterocycles. The van der Waals surface area contributed by atoms with Gasteiger partial charge in [0.05, 0.1) is 17.0 Å². The smallest absolute Gasteiger partial charge is 0.341 e. The van der Waals surface area contributed by atoms with Gasteiger partial charge >= 0.3 is 5.97 Å². The van der Waals surface area contributed by atoms with Crippen LogP contribution < -0.4 is 15.2 Å². The Hall–Kier alpha value is -2.94. The molecular weight excluding hydrogens is 358 g/mol. The third kappa shape index (κ3) is 4.37. The van der Waals surface area contributed by atoms with Gasteiger partial charge in [-0.15, -0.1) is 11.3 Å². The number of aromatic nitrogens is 1. The topological polar surface area (TPSA) is 109 Å². The summed E-state index contributed by atoms with van der Waals surface area (Å²) < 4.78 is 6.53. The molecule has 2 aromatic heterocycles. The largest absolute Gasteiger partial charge is 0.503 e. The Morgan fingerprint density at radius 1 is 1.35 bits per heavy atom. The van der Waals surface area contributed by atoms with Gasteiger partial charge in [0.15, 0.2) is 11.9 Å². The number of anilines is 1. The average molecular weight is 378 g/mol. The lowest BCUT2D eigenvalue weighted by atomic mass is 10.1. The minimum Gasteiger partial charge on any atom is -0.503 e. The average Bonchev–Trinajstić information content (AvgIpc) is 2.90. The Balaban J connectivity index is 2.30. The summed E-state index contributed by atoms with van der Waals surface area (Å²) >= 11 is 1.01. The van der Waals surface area contributed by atoms with Gasteiger partial charge < -0.3 is 20.5 Å². The summed E-state index contributed by atoms with van der Waals surface area (Å²) in [6.07, 6.45) is 3.03. The van der Waals surface area contributed by atoms with Gasteiger partial charge in [0.2, 0.25) is 12.7 Å². The number of amides is 2. The zero-order valence-electron chi connectivity index (χ0n) is 14.7. The highest BCUT2D eigenvalue weighted by Crippen LogP contribution is 2.33. The van der Waals surface area contributed by atoms with Gasteiger partial charge in [-0.1, -0.05) is 0 Å². The number of rotatable bonds is 6. The van der Waals surface area contributed by atoms with E-state index in [1.54, 1.807) is 26.1 Å². The van der Waals surface area contributed by atoms with E-state index in [1.165, 1.54) is 23.9 Å². The Bertz CT molecular complexity index is 847. The first-order chi connectivity index (χ1) is 12.4. The molecule has 0 spiro atoms. The van der Waals surface area contributed by atoms with Gasteiger partial charge in [0.25, 0.3) is 11.8 Å². The normalized spacial score (nSPS) is 10.3. The monoisotopic (exact) mass is 378 g/mol. The van der Waals surface area contributed by atoms with E-state index >= 15 is 0 Å². The van der Waals surface area contributed by atoms with Crippen molar-refractivity contribution in [2.75, 3.05) is 19.0 Å². The van der Waals surface area contributed by atoms with Crippen LogP contribution in [0, 0.1) is 6.92 Å². The highest BCUT2D eigenvalue weighted by atomic mass is 32.1. The molecule has 2 heterocycles. The summed E-state index contributed by atoms with van der Waals surface area (Å²) in [5.41, 5.74) is 0.623. The molecule has 8 nitrogen and oxygen atoms in total. The lowest BCUT2D eigenvalue weighted by molar-refractivity contribution is -0.684. The molecule has 0 radical (unpaired) electrons. The molecule has 0 atom stereocenters. The molecule has 0 aromatic carbocycles. The molecule has 9 heteroatoms. The van der Waals surface area contributed by atoms with Gasteiger partial charge in [-0.2, -0.15) is 4.57 Å². The SMILES string of the molecule is CCOC(=O)c1c(NC(=O)C[n+]2cccc(O)c2)sc(C(=O)NC)c1C. The number of pyridine rings is 1. The number of nitrogens with one attached hydrogen (secondary N) is 2. The minimum absolute atomic E-state index is 0.0291. The maximum absolute atomic E-state index is 12.3. The molecule has 138 valence electrons. The molecular formula is C17H20N3O5S+. The standard InChI is InChI=1S/C17H19N3O5S/c1-4-25-17(24)13-10(2)14(15(23)18-3)26-16(13)19-12(22)9-20-7-5-6-11(21)8-20/h5-8H,4,9H2,1-3H3,(H2-,18,19,21,22,23,24)/p+1. The van der Waals surface area contributed by atoms with Crippen molar-refractivity contribution >= 4 is 34.1 Å². The lowest BCUT2D eigenvalue weighted by Crippen LogP contribution is -2.39. The Morgan fingerprint density at radius 3 is 2.69 bits per heavy atom. The van der Waals surface area contributed by atoms with Crippen molar-refractivity contribution in [3.63, 3.8) is 0 Å². The van der Waals surface area contributed by atoms with Crippen LogP contribution in [0.25, 0.3) is 0 Å². The van der Waals surface area contributed by atoms with E-state index in [0.29, 0.717) is 10.4 Å². The second kappa shape index (κ2) is 8.43. The van der Waals surface area contributed by atoms with Crippen molar-refractivity contribution in [2.24, 2.45) is 0 Å². The first-order valence-electron chi connectivity index (χ1n) is 7.87. The lowest BCUT2D eigenvalue weighted by Gasteiger charge is -2.06. The highest BCUT2D eigenvalue weighted by molar-refractivity contribution is 7.18. The van der Waals surface area contributed by atoms with Crippen molar-refractivity contribution in [3.05, 3.63) is 40.5 Å². The molecule has 0 bridgehead atoms. The quantitative estimate of drug-likeness (QED) is 0.517. The van der Waals surface area contributed by atoms with E-state index in [2.05, 4.69) is 10.6 Å². The van der Waals surface area contributed by atoms with E-state index in [9.17, 15) is 19.5 Å². The molecule has 0 aliphatic carbocycles. The molecule has 2 amide bonds. The molecule has 26 heavy (non-hydrogen) atoms. The fourth-order valence-corrected chi connectivity index (χ4v) is 3.48. The number of esters is 1. The van der Waals surface area contributed by atoms with Crippen LogP contribution in [0.2, 0.25) is 0 Å². The molecule has 0 fully saturated rings. The van der Waals surface area contributed by atoms with Crippen LogP contribution in [0.15, 0.2) is 24.5 Å². The minimum atomic E-state index is -0.600. The molecule has 0 saturated carbocycles. The van der Waals surface area contributed by atoms with Crippen LogP contribution in [0.4, 0.5) is 5.00 Å². The van der Waals surface area contributed by atoms with Gasteiger partial charge in [0, 0.05) is 13.1 Å². The number of hydrogen-bond donors (Lipinski definition) is 3. The molecule has 0 unspecified atom stereocenters. The van der Waals surface area contributed by atoms with Crippen LogP contribution in [0.1, 0.15) is 32.5 Å². The maximum atomic E-state index is 12.3. The third-order valence-corrected chi connectivity index (χ3v) is 4.69. The van der Waals surface area contributed by atoms with E-state index < -0.39 is 11.9 Å². The van der Waals surface area contributed by atoms with Crippen LogP contribution in [-0.2, 0) is 16.1 Å². The predicted octanol–water partition coefficient (Wildman–Crippen LogP) is 1.22. The number of ether oxygens (including phenoxy) is 1. The van der Waals surface area contributed by atoms with Crippen molar-refractivity contribution in [1.29, 1.82) is 0 Å². The van der Waals surface area contributed by atoms with E-state index in [-0.39, 0.29) is 35.4 Å². The molecule has 0 saturated heterocycles. The number of nitrogens with zero attached hydrogens (tertiary/aromatic N) is 1. The first kappa shape index (κ1) is 19.4. The third-order valence-electron chi connectivity index (χ3n) is 3.48. The van der Waals surface area contributed by atoms with Crippen molar-refractivity contribution in [1.82, 2.24) is 5.32 Å². The fraction of sp³-hybridized carbons (Fsp3) is 0.294. The van der Waals surface area contributed by atoms with Gasteiger partial charge in [-0.25, -0.2) is 4.79 Å². The van der Waals surface area contributed by atoms with Crippen LogP contribution in [0.3, 0.4) is 0 Å². The van der Waals surface area contributed by atoms with Crippen molar-refractivity contribution < 1.29 is 28.8 Å². The Kier molecular flexibility index (Phi) is 6.29. The maximum Gasteiger partial charge on any atom is 0.341 e. The van der Waals surface area contributed by atoms with Gasteiger partial charge in [0.1, 0.15) is 5.00 Å². The summed E-state index contributed by atoms with van der Waals surface area (Å²) in [5.74, 6) is -1.32. The van der Waals surface area contributed by atoms with Crippen LogP contribution in [0.5, 0.6) is 5.75 Å². The molecule has 2 aromatic rings. The van der Waals surface area contributed by atoms with Crippen LogP contribution in [-0.4, -0.2) is 36.5 Å². The summed E-state index contributed by atoms with van der Waals surface area (Å²) in [6.45, 7) is 3.42.